The molecule has 164 valence electrons. The minimum absolute atomic E-state index is 0.116. The lowest BCUT2D eigenvalue weighted by atomic mass is 9.73. The number of fused-ring (bicyclic) bond motifs is 1. The van der Waals surface area contributed by atoms with Crippen molar-refractivity contribution in [3.8, 4) is 22.9 Å². The number of nitrogens with one attached hydrogen (secondary N) is 1. The normalized spacial score (nSPS) is 19.1. The molecule has 2 aromatic carbocycles. The summed E-state index contributed by atoms with van der Waals surface area (Å²) in [6, 6.07) is 15.0. The summed E-state index contributed by atoms with van der Waals surface area (Å²) in [4.78, 5) is 18.2. The first-order chi connectivity index (χ1) is 15.4. The van der Waals surface area contributed by atoms with Crippen molar-refractivity contribution >= 4 is 11.7 Å². The molecule has 1 atom stereocenters. The summed E-state index contributed by atoms with van der Waals surface area (Å²) in [5.74, 6) is 2.83. The van der Waals surface area contributed by atoms with Crippen LogP contribution in [-0.4, -0.2) is 34.8 Å². The van der Waals surface area contributed by atoms with E-state index in [4.69, 9.17) is 19.6 Å². The third-order valence-corrected chi connectivity index (χ3v) is 6.11. The number of allylic oxidation sites excluding steroid dienone is 2. The predicted molar refractivity (Wildman–Crippen MR) is 122 cm³/mol. The monoisotopic (exact) mass is 430 g/mol. The highest BCUT2D eigenvalue weighted by Gasteiger charge is 2.42. The number of para-hydroxylation sites is 1. The Labute approximate surface area is 187 Å². The van der Waals surface area contributed by atoms with E-state index in [0.717, 1.165) is 40.3 Å². The number of carbonyl (C=O) groups excluding carboxylic acids is 1. The zero-order valence-corrected chi connectivity index (χ0v) is 18.7. The van der Waals surface area contributed by atoms with Crippen molar-refractivity contribution in [2.75, 3.05) is 19.5 Å². The molecule has 3 aromatic rings. The van der Waals surface area contributed by atoms with Crippen molar-refractivity contribution in [3.05, 3.63) is 65.4 Å². The van der Waals surface area contributed by atoms with E-state index in [1.54, 1.807) is 14.2 Å². The zero-order valence-electron chi connectivity index (χ0n) is 18.7. The van der Waals surface area contributed by atoms with Gasteiger partial charge in [-0.25, -0.2) is 4.68 Å². The maximum Gasteiger partial charge on any atom is 0.226 e. The maximum absolute atomic E-state index is 13.4. The molecule has 1 aliphatic carbocycles. The van der Waals surface area contributed by atoms with Gasteiger partial charge in [-0.1, -0.05) is 32.0 Å². The van der Waals surface area contributed by atoms with Crippen LogP contribution in [0, 0.1) is 5.41 Å². The topological polar surface area (TPSA) is 78.3 Å². The van der Waals surface area contributed by atoms with Gasteiger partial charge in [0.15, 0.2) is 11.6 Å². The first-order valence-electron chi connectivity index (χ1n) is 10.7. The van der Waals surface area contributed by atoms with Crippen molar-refractivity contribution in [1.29, 1.82) is 0 Å². The van der Waals surface area contributed by atoms with Gasteiger partial charge in [0.05, 0.1) is 14.2 Å². The van der Waals surface area contributed by atoms with Crippen LogP contribution in [0.2, 0.25) is 0 Å². The number of ether oxygens (including phenoxy) is 2. The van der Waals surface area contributed by atoms with Crippen LogP contribution in [-0.2, 0) is 4.79 Å². The minimum Gasteiger partial charge on any atom is -0.497 e. The van der Waals surface area contributed by atoms with E-state index in [0.29, 0.717) is 18.2 Å². The van der Waals surface area contributed by atoms with Gasteiger partial charge in [-0.3, -0.25) is 4.79 Å². The Morgan fingerprint density at radius 1 is 1.03 bits per heavy atom. The van der Waals surface area contributed by atoms with Crippen LogP contribution in [0.3, 0.4) is 0 Å². The lowest BCUT2D eigenvalue weighted by molar-refractivity contribution is -0.118. The number of hydrogen-bond donors (Lipinski definition) is 1. The average Bonchev–Trinajstić information content (AvgIpc) is 3.20. The molecule has 0 bridgehead atoms. The summed E-state index contributed by atoms with van der Waals surface area (Å²) in [5.41, 5.74) is 3.31. The number of Topliss-reactive ketones (excluding diaryl/α,β-unsaturated/α-hetero) is 1. The van der Waals surface area contributed by atoms with Crippen LogP contribution in [0.25, 0.3) is 11.4 Å². The maximum atomic E-state index is 13.4. The second-order valence-corrected chi connectivity index (χ2v) is 9.03. The number of anilines is 1. The molecule has 0 saturated heterocycles. The van der Waals surface area contributed by atoms with Crippen LogP contribution in [0.5, 0.6) is 11.5 Å². The van der Waals surface area contributed by atoms with E-state index >= 15 is 0 Å². The Kier molecular flexibility index (Phi) is 4.77. The molecule has 0 saturated carbocycles. The van der Waals surface area contributed by atoms with E-state index < -0.39 is 6.04 Å². The van der Waals surface area contributed by atoms with Crippen molar-refractivity contribution in [3.63, 3.8) is 0 Å². The van der Waals surface area contributed by atoms with Gasteiger partial charge < -0.3 is 14.8 Å². The molecule has 0 amide bonds. The third kappa shape index (κ3) is 3.34. The molecular weight excluding hydrogens is 404 g/mol. The Morgan fingerprint density at radius 3 is 2.50 bits per heavy atom. The second kappa shape index (κ2) is 7.51. The molecule has 1 aliphatic heterocycles. The van der Waals surface area contributed by atoms with E-state index in [-0.39, 0.29) is 11.2 Å². The first-order valence-corrected chi connectivity index (χ1v) is 10.7. The van der Waals surface area contributed by atoms with Gasteiger partial charge in [-0.15, -0.1) is 5.10 Å². The third-order valence-electron chi connectivity index (χ3n) is 6.11. The van der Waals surface area contributed by atoms with Crippen molar-refractivity contribution in [2.24, 2.45) is 5.41 Å². The molecule has 2 aliphatic rings. The predicted octanol–water partition coefficient (Wildman–Crippen LogP) is 4.62. The molecule has 32 heavy (non-hydrogen) atoms. The lowest BCUT2D eigenvalue weighted by Crippen LogP contribution is -2.36. The number of rotatable bonds is 4. The fraction of sp³-hybridized carbons (Fsp3) is 0.320. The quantitative estimate of drug-likeness (QED) is 0.651. The van der Waals surface area contributed by atoms with Gasteiger partial charge in [0, 0.05) is 28.8 Å². The molecule has 2 heterocycles. The van der Waals surface area contributed by atoms with Gasteiger partial charge in [-0.05, 0) is 42.2 Å². The number of benzene rings is 2. The largest absolute Gasteiger partial charge is 0.497 e. The Bertz CT molecular complexity index is 1220. The number of hydrogen-bond acceptors (Lipinski definition) is 6. The smallest absolute Gasteiger partial charge is 0.226 e. The molecule has 7 nitrogen and oxygen atoms in total. The number of nitrogens with zero attached hydrogens (tertiary/aromatic N) is 3. The summed E-state index contributed by atoms with van der Waals surface area (Å²) in [6.07, 6.45) is 1.26. The SMILES string of the molecule is COc1ccc(-c2nc3n(n2)[C@H](c2ccccc2OC)C2=C(CC(C)(C)CC2=O)N3)cc1. The van der Waals surface area contributed by atoms with Gasteiger partial charge in [0.1, 0.15) is 17.5 Å². The lowest BCUT2D eigenvalue weighted by Gasteiger charge is -2.38. The molecule has 7 heteroatoms. The minimum atomic E-state index is -0.402. The molecule has 0 fully saturated rings. The van der Waals surface area contributed by atoms with Gasteiger partial charge in [-0.2, -0.15) is 4.98 Å². The fourth-order valence-corrected chi connectivity index (χ4v) is 4.65. The number of aromatic nitrogens is 3. The van der Waals surface area contributed by atoms with E-state index in [9.17, 15) is 4.79 Å². The second-order valence-electron chi connectivity index (χ2n) is 9.03. The molecule has 1 aromatic heterocycles. The summed E-state index contributed by atoms with van der Waals surface area (Å²) >= 11 is 0. The van der Waals surface area contributed by atoms with Gasteiger partial charge in [0.2, 0.25) is 5.95 Å². The summed E-state index contributed by atoms with van der Waals surface area (Å²) in [7, 11) is 3.28. The van der Waals surface area contributed by atoms with Crippen LogP contribution >= 0.6 is 0 Å². The molecular formula is C25H26N4O3. The number of ketones is 1. The average molecular weight is 431 g/mol. The van der Waals surface area contributed by atoms with Gasteiger partial charge >= 0.3 is 0 Å². The molecule has 0 radical (unpaired) electrons. The Balaban J connectivity index is 1.68. The highest BCUT2D eigenvalue weighted by Crippen LogP contribution is 2.47. The number of methoxy groups -OCH3 is 2. The van der Waals surface area contributed by atoms with E-state index in [1.165, 1.54) is 0 Å². The molecule has 0 unspecified atom stereocenters. The fourth-order valence-electron chi connectivity index (χ4n) is 4.65. The zero-order chi connectivity index (χ0) is 22.5. The van der Waals surface area contributed by atoms with Crippen LogP contribution in [0.15, 0.2) is 59.8 Å². The Hall–Kier alpha value is -3.61. The van der Waals surface area contributed by atoms with Gasteiger partial charge in [0.25, 0.3) is 0 Å². The van der Waals surface area contributed by atoms with Crippen molar-refractivity contribution in [2.45, 2.75) is 32.7 Å². The van der Waals surface area contributed by atoms with Crippen molar-refractivity contribution in [1.82, 2.24) is 14.8 Å². The summed E-state index contributed by atoms with van der Waals surface area (Å²) < 4.78 is 12.7. The number of carbonyl (C=O) groups is 1. The van der Waals surface area contributed by atoms with E-state index in [2.05, 4.69) is 19.2 Å². The molecule has 1 N–H and O–H groups in total. The highest BCUT2D eigenvalue weighted by atomic mass is 16.5. The van der Waals surface area contributed by atoms with Crippen LogP contribution < -0.4 is 14.8 Å². The van der Waals surface area contributed by atoms with Crippen LogP contribution in [0.1, 0.15) is 38.3 Å². The highest BCUT2D eigenvalue weighted by molar-refractivity contribution is 6.00. The summed E-state index contributed by atoms with van der Waals surface area (Å²) in [5, 5.41) is 8.25. The first kappa shape index (κ1) is 20.3. The van der Waals surface area contributed by atoms with E-state index in [1.807, 2.05) is 53.2 Å². The summed E-state index contributed by atoms with van der Waals surface area (Å²) in [6.45, 7) is 4.24. The van der Waals surface area contributed by atoms with Crippen molar-refractivity contribution < 1.29 is 14.3 Å². The molecule has 5 rings (SSSR count). The standard InChI is InChI=1S/C25H26N4O3/c1-25(2)13-18-21(19(30)14-25)22(17-7-5-6-8-20(17)32-4)29-24(26-18)27-23(28-29)15-9-11-16(31-3)12-10-15/h5-12,22H,13-14H2,1-4H3,(H,26,27,28)/t22-/m1/s1. The molecule has 0 spiro atoms. The van der Waals surface area contributed by atoms with Crippen LogP contribution in [0.4, 0.5) is 5.95 Å². The Morgan fingerprint density at radius 2 is 1.78 bits per heavy atom.